The first kappa shape index (κ1) is 26.3. The van der Waals surface area contributed by atoms with Gasteiger partial charge in [0, 0.05) is 18.8 Å². The maximum absolute atomic E-state index is 12.9. The molecule has 2 aromatic rings. The zero-order valence-electron chi connectivity index (χ0n) is 20.8. The van der Waals surface area contributed by atoms with Gasteiger partial charge in [-0.1, -0.05) is 31.2 Å². The second-order valence-corrected chi connectivity index (χ2v) is 9.94. The third-order valence-electron chi connectivity index (χ3n) is 6.21. The molecule has 2 aliphatic heterocycles. The Kier molecular flexibility index (Phi) is 8.50. The summed E-state index contributed by atoms with van der Waals surface area (Å²) in [4.78, 5) is 53.1. The molecule has 194 valence electrons. The summed E-state index contributed by atoms with van der Waals surface area (Å²) in [6.07, 6.45) is 3.42. The molecule has 2 heterocycles. The maximum Gasteiger partial charge on any atom is 0.294 e. The lowest BCUT2D eigenvalue weighted by Gasteiger charge is -2.31. The van der Waals surface area contributed by atoms with Crippen molar-refractivity contribution in [2.75, 3.05) is 38.7 Å². The van der Waals surface area contributed by atoms with Crippen LogP contribution in [0, 0.1) is 5.92 Å². The number of carbonyl (C=O) groups is 4. The van der Waals surface area contributed by atoms with Gasteiger partial charge >= 0.3 is 0 Å². The van der Waals surface area contributed by atoms with Crippen LogP contribution in [0.2, 0.25) is 0 Å². The first-order valence-corrected chi connectivity index (χ1v) is 12.8. The summed E-state index contributed by atoms with van der Waals surface area (Å²) in [6, 6.07) is 14.0. The molecular weight excluding hydrogens is 494 g/mol. The highest BCUT2D eigenvalue weighted by Gasteiger charge is 2.37. The Bertz CT molecular complexity index is 1210. The van der Waals surface area contributed by atoms with E-state index in [1.54, 1.807) is 41.3 Å². The third-order valence-corrected chi connectivity index (χ3v) is 7.11. The second kappa shape index (κ2) is 12.0. The first-order chi connectivity index (χ1) is 17.8. The van der Waals surface area contributed by atoms with E-state index >= 15 is 0 Å². The lowest BCUT2D eigenvalue weighted by molar-refractivity contribution is -0.136. The van der Waals surface area contributed by atoms with E-state index in [1.165, 1.54) is 7.11 Å². The predicted octanol–water partition coefficient (Wildman–Crippen LogP) is 4.01. The molecule has 1 N–H and O–H groups in total. The van der Waals surface area contributed by atoms with Crippen LogP contribution in [0.25, 0.3) is 6.08 Å². The van der Waals surface area contributed by atoms with Gasteiger partial charge < -0.3 is 19.7 Å². The number of piperidine rings is 1. The minimum absolute atomic E-state index is 0.213. The number of para-hydroxylation sites is 1. The summed E-state index contributed by atoms with van der Waals surface area (Å²) in [7, 11) is 1.47. The molecule has 0 atom stereocenters. The van der Waals surface area contributed by atoms with Crippen LogP contribution in [0.15, 0.2) is 53.4 Å². The molecule has 2 fully saturated rings. The van der Waals surface area contributed by atoms with Gasteiger partial charge in [0.15, 0.2) is 18.1 Å². The van der Waals surface area contributed by atoms with E-state index in [0.717, 1.165) is 29.5 Å². The van der Waals surface area contributed by atoms with Crippen molar-refractivity contribution >= 4 is 46.5 Å². The van der Waals surface area contributed by atoms with Gasteiger partial charge in [-0.3, -0.25) is 24.1 Å². The Balaban J connectivity index is 1.37. The van der Waals surface area contributed by atoms with Crippen LogP contribution in [0.3, 0.4) is 0 Å². The van der Waals surface area contributed by atoms with Gasteiger partial charge in [0.1, 0.15) is 6.54 Å². The predicted molar refractivity (Wildman–Crippen MR) is 141 cm³/mol. The van der Waals surface area contributed by atoms with Crippen LogP contribution in [0.1, 0.15) is 25.3 Å². The van der Waals surface area contributed by atoms with E-state index < -0.39 is 11.1 Å². The van der Waals surface area contributed by atoms with Crippen molar-refractivity contribution in [3.63, 3.8) is 0 Å². The number of carbonyl (C=O) groups excluding carboxylic acids is 4. The molecule has 0 aliphatic carbocycles. The zero-order chi connectivity index (χ0) is 26.4. The van der Waals surface area contributed by atoms with Crippen LogP contribution < -0.4 is 14.8 Å². The quantitative estimate of drug-likeness (QED) is 0.521. The fraction of sp³-hybridized carbons (Fsp3) is 0.333. The average molecular weight is 524 g/mol. The second-order valence-electron chi connectivity index (χ2n) is 8.94. The van der Waals surface area contributed by atoms with E-state index in [4.69, 9.17) is 9.47 Å². The number of ether oxygens (including phenoxy) is 2. The van der Waals surface area contributed by atoms with Gasteiger partial charge in [-0.25, -0.2) is 0 Å². The molecule has 0 bridgehead atoms. The van der Waals surface area contributed by atoms with E-state index in [1.807, 2.05) is 18.2 Å². The summed E-state index contributed by atoms with van der Waals surface area (Å²) in [6.45, 7) is 2.98. The van der Waals surface area contributed by atoms with Crippen LogP contribution in [-0.2, 0) is 14.4 Å². The molecule has 4 amide bonds. The first-order valence-electron chi connectivity index (χ1n) is 12.0. The summed E-state index contributed by atoms with van der Waals surface area (Å²) >= 11 is 0.801. The Morgan fingerprint density at radius 2 is 1.81 bits per heavy atom. The van der Waals surface area contributed by atoms with Gasteiger partial charge in [-0.05, 0) is 66.4 Å². The number of anilines is 1. The van der Waals surface area contributed by atoms with Crippen molar-refractivity contribution in [2.24, 2.45) is 5.92 Å². The molecule has 37 heavy (non-hydrogen) atoms. The molecule has 0 aromatic heterocycles. The van der Waals surface area contributed by atoms with Gasteiger partial charge in [0.2, 0.25) is 5.91 Å². The van der Waals surface area contributed by atoms with Gasteiger partial charge in [-0.15, -0.1) is 0 Å². The minimum atomic E-state index is -0.495. The summed E-state index contributed by atoms with van der Waals surface area (Å²) in [5.74, 6) is 0.275. The minimum Gasteiger partial charge on any atom is -0.493 e. The largest absolute Gasteiger partial charge is 0.493 e. The molecule has 0 saturated carbocycles. The number of rotatable bonds is 8. The number of thioether (sulfide) groups is 1. The number of benzene rings is 2. The zero-order valence-corrected chi connectivity index (χ0v) is 21.6. The molecule has 9 nitrogen and oxygen atoms in total. The lowest BCUT2D eigenvalue weighted by atomic mass is 9.99. The van der Waals surface area contributed by atoms with Gasteiger partial charge in [0.05, 0.1) is 12.0 Å². The van der Waals surface area contributed by atoms with Crippen LogP contribution in [0.4, 0.5) is 10.5 Å². The number of hydrogen-bond acceptors (Lipinski definition) is 7. The molecule has 2 aromatic carbocycles. The van der Waals surface area contributed by atoms with E-state index in [2.05, 4.69) is 12.2 Å². The SMILES string of the molecule is COc1cc(/C=C2\SC(=O)N(CC(=O)N3CCC(C)CC3)C2=O)ccc1OCC(=O)Nc1ccccc1. The standard InChI is InChI=1S/C27H29N3O6S/c1-18-10-12-29(13-11-18)25(32)16-30-26(33)23(37-27(30)34)15-19-8-9-21(22(14-19)35-2)36-17-24(31)28-20-6-4-3-5-7-20/h3-9,14-15,18H,10-13,16-17H2,1-2H3,(H,28,31)/b23-15-. The van der Waals surface area contributed by atoms with E-state index in [0.29, 0.717) is 41.8 Å². The molecule has 10 heteroatoms. The fourth-order valence-corrected chi connectivity index (χ4v) is 4.87. The highest BCUT2D eigenvalue weighted by molar-refractivity contribution is 8.18. The topological polar surface area (TPSA) is 105 Å². The number of nitrogens with one attached hydrogen (secondary N) is 1. The molecule has 0 radical (unpaired) electrons. The van der Waals surface area contributed by atoms with Gasteiger partial charge in [0.25, 0.3) is 17.1 Å². The Morgan fingerprint density at radius 3 is 2.51 bits per heavy atom. The molecular formula is C27H29N3O6S. The highest BCUT2D eigenvalue weighted by Crippen LogP contribution is 2.34. The number of methoxy groups -OCH3 is 1. The van der Waals surface area contributed by atoms with Crippen LogP contribution >= 0.6 is 11.8 Å². The molecule has 0 spiro atoms. The summed E-state index contributed by atoms with van der Waals surface area (Å²) in [5, 5.41) is 2.27. The number of amides is 4. The maximum atomic E-state index is 12.9. The number of imide groups is 1. The van der Waals surface area contributed by atoms with E-state index in [9.17, 15) is 19.2 Å². The smallest absolute Gasteiger partial charge is 0.294 e. The van der Waals surface area contributed by atoms with E-state index in [-0.39, 0.29) is 29.9 Å². The van der Waals surface area contributed by atoms with Crippen molar-refractivity contribution < 1.29 is 28.7 Å². The Labute approximate surface area is 219 Å². The lowest BCUT2D eigenvalue weighted by Crippen LogP contribution is -2.45. The average Bonchev–Trinajstić information content (AvgIpc) is 3.16. The molecule has 4 rings (SSSR count). The highest BCUT2D eigenvalue weighted by atomic mass is 32.2. The van der Waals surface area contributed by atoms with Gasteiger partial charge in [-0.2, -0.15) is 0 Å². The molecule has 0 unspecified atom stereocenters. The number of hydrogen-bond donors (Lipinski definition) is 1. The van der Waals surface area contributed by atoms with Crippen molar-refractivity contribution in [3.05, 3.63) is 59.0 Å². The summed E-state index contributed by atoms with van der Waals surface area (Å²) < 4.78 is 11.0. The third kappa shape index (κ3) is 6.71. The van der Waals surface area contributed by atoms with Crippen molar-refractivity contribution in [2.45, 2.75) is 19.8 Å². The van der Waals surface area contributed by atoms with Crippen molar-refractivity contribution in [1.82, 2.24) is 9.80 Å². The molecule has 2 aliphatic rings. The van der Waals surface area contributed by atoms with Crippen molar-refractivity contribution in [3.8, 4) is 11.5 Å². The Morgan fingerprint density at radius 1 is 1.08 bits per heavy atom. The summed E-state index contributed by atoms with van der Waals surface area (Å²) in [5.41, 5.74) is 1.28. The normalized spacial score (nSPS) is 17.3. The van der Waals surface area contributed by atoms with Crippen molar-refractivity contribution in [1.29, 1.82) is 0 Å². The monoisotopic (exact) mass is 523 g/mol. The van der Waals surface area contributed by atoms with Crippen LogP contribution in [-0.4, -0.2) is 66.1 Å². The Hall–Kier alpha value is -3.79. The number of nitrogens with zero attached hydrogens (tertiary/aromatic N) is 2. The van der Waals surface area contributed by atoms with Crippen LogP contribution in [0.5, 0.6) is 11.5 Å². The number of likely N-dealkylation sites (tertiary alicyclic amines) is 1. The fourth-order valence-electron chi connectivity index (χ4n) is 4.04. The molecule has 2 saturated heterocycles.